The number of carbonyl (C=O) groups is 1. The zero-order valence-electron chi connectivity index (χ0n) is 13.4. The number of fused-ring (bicyclic) bond motifs is 2. The second-order valence-corrected chi connectivity index (χ2v) is 6.55. The third-order valence-electron chi connectivity index (χ3n) is 3.74. The summed E-state index contributed by atoms with van der Waals surface area (Å²) in [5.74, 6) is 0.844. The van der Waals surface area contributed by atoms with Crippen molar-refractivity contribution in [2.45, 2.75) is 13.0 Å². The van der Waals surface area contributed by atoms with Crippen LogP contribution < -0.4 is 14.9 Å². The van der Waals surface area contributed by atoms with Crippen LogP contribution in [-0.4, -0.2) is 29.3 Å². The van der Waals surface area contributed by atoms with Crippen molar-refractivity contribution in [2.75, 3.05) is 6.61 Å². The fourth-order valence-corrected chi connectivity index (χ4v) is 3.34. The van der Waals surface area contributed by atoms with E-state index in [1.54, 1.807) is 12.1 Å². The number of amides is 1. The molecule has 25 heavy (non-hydrogen) atoms. The van der Waals surface area contributed by atoms with E-state index in [9.17, 15) is 4.79 Å². The fourth-order valence-electron chi connectivity index (χ4n) is 2.43. The number of thiazole rings is 1. The molecule has 0 saturated carbocycles. The Bertz CT molecular complexity index is 934. The molecule has 1 N–H and O–H groups in total. The van der Waals surface area contributed by atoms with E-state index in [1.165, 1.54) is 11.3 Å². The van der Waals surface area contributed by atoms with Crippen molar-refractivity contribution in [3.8, 4) is 11.5 Å². The number of carbonyl (C=O) groups excluding carboxylic acids is 1. The molecule has 0 fully saturated rings. The average Bonchev–Trinajstić information content (AvgIpc) is 3.09. The van der Waals surface area contributed by atoms with Crippen LogP contribution in [0.5, 0.6) is 11.5 Å². The van der Waals surface area contributed by atoms with Crippen molar-refractivity contribution >= 4 is 33.2 Å². The summed E-state index contributed by atoms with van der Waals surface area (Å²) in [4.78, 5) is 16.8. The van der Waals surface area contributed by atoms with E-state index in [4.69, 9.17) is 9.47 Å². The number of hydrogen-bond donors (Lipinski definition) is 1. The number of aromatic nitrogens is 1. The standard InChI is InChI=1S/C18H15N3O3S/c1-11(18-19-12-6-2-5-9-16(12)25-18)20-21-17(22)15-10-23-13-7-3-4-8-14(13)24-15/h2-9,15H,10H2,1H3,(H,21,22)/b20-11-/t15-/m1/s1. The Morgan fingerprint density at radius 3 is 2.80 bits per heavy atom. The molecule has 3 aromatic rings. The second kappa shape index (κ2) is 6.52. The van der Waals surface area contributed by atoms with Crippen molar-refractivity contribution in [2.24, 2.45) is 5.10 Å². The first-order valence-corrected chi connectivity index (χ1v) is 8.61. The molecule has 7 heteroatoms. The van der Waals surface area contributed by atoms with Crippen LogP contribution in [0.3, 0.4) is 0 Å². The van der Waals surface area contributed by atoms with E-state index in [0.29, 0.717) is 17.2 Å². The first-order valence-electron chi connectivity index (χ1n) is 7.79. The van der Waals surface area contributed by atoms with E-state index in [1.807, 2.05) is 43.3 Å². The van der Waals surface area contributed by atoms with Crippen molar-refractivity contribution in [3.05, 3.63) is 53.5 Å². The van der Waals surface area contributed by atoms with Gasteiger partial charge in [0.15, 0.2) is 11.5 Å². The molecule has 0 saturated heterocycles. The molecule has 0 aliphatic carbocycles. The maximum absolute atomic E-state index is 12.3. The lowest BCUT2D eigenvalue weighted by Gasteiger charge is -2.24. The van der Waals surface area contributed by atoms with Crippen LogP contribution in [0.4, 0.5) is 0 Å². The first kappa shape index (κ1) is 15.6. The maximum atomic E-state index is 12.3. The average molecular weight is 353 g/mol. The molecule has 6 nitrogen and oxygen atoms in total. The highest BCUT2D eigenvalue weighted by Crippen LogP contribution is 2.30. The molecule has 0 bridgehead atoms. The van der Waals surface area contributed by atoms with E-state index < -0.39 is 6.10 Å². The number of rotatable bonds is 3. The van der Waals surface area contributed by atoms with Gasteiger partial charge in [-0.1, -0.05) is 24.3 Å². The number of ether oxygens (including phenoxy) is 2. The van der Waals surface area contributed by atoms with Gasteiger partial charge < -0.3 is 9.47 Å². The van der Waals surface area contributed by atoms with Crippen LogP contribution in [0.1, 0.15) is 11.9 Å². The van der Waals surface area contributed by atoms with Gasteiger partial charge in [-0.25, -0.2) is 10.4 Å². The van der Waals surface area contributed by atoms with Gasteiger partial charge in [0, 0.05) is 0 Å². The van der Waals surface area contributed by atoms with Gasteiger partial charge in [-0.05, 0) is 31.2 Å². The zero-order valence-corrected chi connectivity index (χ0v) is 14.2. The third kappa shape index (κ3) is 3.18. The number of nitrogens with one attached hydrogen (secondary N) is 1. The van der Waals surface area contributed by atoms with Crippen LogP contribution in [0, 0.1) is 0 Å². The Morgan fingerprint density at radius 2 is 1.96 bits per heavy atom. The number of hydrazone groups is 1. The zero-order chi connectivity index (χ0) is 17.2. The number of nitrogens with zero attached hydrogens (tertiary/aromatic N) is 2. The minimum atomic E-state index is -0.734. The molecule has 1 aliphatic rings. The summed E-state index contributed by atoms with van der Waals surface area (Å²) in [5, 5.41) is 4.92. The summed E-state index contributed by atoms with van der Waals surface area (Å²) >= 11 is 1.53. The van der Waals surface area contributed by atoms with Gasteiger partial charge in [0.05, 0.1) is 15.9 Å². The van der Waals surface area contributed by atoms with Crippen LogP contribution in [0.15, 0.2) is 53.6 Å². The molecule has 4 rings (SSSR count). The number of benzene rings is 2. The van der Waals surface area contributed by atoms with Crippen LogP contribution in [-0.2, 0) is 4.79 Å². The summed E-state index contributed by atoms with van der Waals surface area (Å²) in [6, 6.07) is 15.1. The van der Waals surface area contributed by atoms with E-state index >= 15 is 0 Å². The van der Waals surface area contributed by atoms with Gasteiger partial charge in [-0.15, -0.1) is 11.3 Å². The number of para-hydroxylation sites is 3. The Hall–Kier alpha value is -2.93. The SMILES string of the molecule is C/C(=N/NC(=O)[C@H]1COc2ccccc2O1)c1nc2ccccc2s1. The van der Waals surface area contributed by atoms with Crippen molar-refractivity contribution in [1.82, 2.24) is 10.4 Å². The second-order valence-electron chi connectivity index (χ2n) is 5.52. The fraction of sp³-hybridized carbons (Fsp3) is 0.167. The smallest absolute Gasteiger partial charge is 0.284 e. The molecule has 1 aromatic heterocycles. The minimum Gasteiger partial charge on any atom is -0.485 e. The molecule has 1 aliphatic heterocycles. The predicted octanol–water partition coefficient (Wildman–Crippen LogP) is 2.98. The molecular weight excluding hydrogens is 338 g/mol. The minimum absolute atomic E-state index is 0.151. The van der Waals surface area contributed by atoms with Crippen molar-refractivity contribution in [3.63, 3.8) is 0 Å². The summed E-state index contributed by atoms with van der Waals surface area (Å²) in [7, 11) is 0. The molecule has 0 spiro atoms. The molecule has 0 radical (unpaired) electrons. The first-order chi connectivity index (χ1) is 12.2. The van der Waals surface area contributed by atoms with Crippen LogP contribution >= 0.6 is 11.3 Å². The lowest BCUT2D eigenvalue weighted by molar-refractivity contribution is -0.130. The van der Waals surface area contributed by atoms with Crippen molar-refractivity contribution < 1.29 is 14.3 Å². The summed E-state index contributed by atoms with van der Waals surface area (Å²) in [6.45, 7) is 1.96. The van der Waals surface area contributed by atoms with Gasteiger partial charge in [-0.3, -0.25) is 4.79 Å². The Labute approximate surface area is 148 Å². The normalized spacial score (nSPS) is 16.7. The molecule has 2 aromatic carbocycles. The lowest BCUT2D eigenvalue weighted by Crippen LogP contribution is -2.42. The largest absolute Gasteiger partial charge is 0.485 e. The topological polar surface area (TPSA) is 72.8 Å². The van der Waals surface area contributed by atoms with Gasteiger partial charge in [0.1, 0.15) is 11.6 Å². The molecule has 1 atom stereocenters. The van der Waals surface area contributed by atoms with E-state index in [-0.39, 0.29) is 12.5 Å². The predicted molar refractivity (Wildman–Crippen MR) is 96.3 cm³/mol. The van der Waals surface area contributed by atoms with Crippen LogP contribution in [0.2, 0.25) is 0 Å². The monoisotopic (exact) mass is 353 g/mol. The van der Waals surface area contributed by atoms with Gasteiger partial charge in [-0.2, -0.15) is 5.10 Å². The van der Waals surface area contributed by atoms with Gasteiger partial charge in [0.2, 0.25) is 6.10 Å². The highest BCUT2D eigenvalue weighted by atomic mass is 32.1. The highest BCUT2D eigenvalue weighted by molar-refractivity contribution is 7.20. The molecular formula is C18H15N3O3S. The highest BCUT2D eigenvalue weighted by Gasteiger charge is 2.27. The van der Waals surface area contributed by atoms with Crippen molar-refractivity contribution in [1.29, 1.82) is 0 Å². The lowest BCUT2D eigenvalue weighted by atomic mass is 10.2. The van der Waals surface area contributed by atoms with Crippen LogP contribution in [0.25, 0.3) is 10.2 Å². The van der Waals surface area contributed by atoms with Gasteiger partial charge >= 0.3 is 0 Å². The molecule has 1 amide bonds. The maximum Gasteiger partial charge on any atom is 0.284 e. The van der Waals surface area contributed by atoms with E-state index in [0.717, 1.165) is 15.2 Å². The third-order valence-corrected chi connectivity index (χ3v) is 4.88. The quantitative estimate of drug-likeness (QED) is 0.580. The summed E-state index contributed by atoms with van der Waals surface area (Å²) in [6.07, 6.45) is -0.734. The molecule has 2 heterocycles. The Kier molecular flexibility index (Phi) is 4.07. The molecule has 0 unspecified atom stereocenters. The van der Waals surface area contributed by atoms with Gasteiger partial charge in [0.25, 0.3) is 5.91 Å². The Balaban J connectivity index is 1.45. The number of hydrogen-bond acceptors (Lipinski definition) is 6. The summed E-state index contributed by atoms with van der Waals surface area (Å²) < 4.78 is 12.3. The Morgan fingerprint density at radius 1 is 1.20 bits per heavy atom. The summed E-state index contributed by atoms with van der Waals surface area (Å²) in [5.41, 5.74) is 4.10. The van der Waals surface area contributed by atoms with E-state index in [2.05, 4.69) is 15.5 Å². The molecule has 126 valence electrons.